The lowest BCUT2D eigenvalue weighted by Crippen LogP contribution is -2.33. The number of carbonyl (C=O) groups excluding carboxylic acids is 1. The summed E-state index contributed by atoms with van der Waals surface area (Å²) in [5.41, 5.74) is 0.959. The molecule has 0 spiro atoms. The Balaban J connectivity index is 2.12. The minimum absolute atomic E-state index is 0.132. The summed E-state index contributed by atoms with van der Waals surface area (Å²) in [5.74, 6) is 0.293. The molecule has 1 aliphatic heterocycles. The van der Waals surface area contributed by atoms with E-state index in [1.165, 1.54) is 0 Å². The highest BCUT2D eigenvalue weighted by molar-refractivity contribution is 7.89. The molecule has 5 nitrogen and oxygen atoms in total. The van der Waals surface area contributed by atoms with E-state index in [0.717, 1.165) is 5.69 Å². The number of ketones is 1. The molecule has 0 saturated carbocycles. The molecule has 0 atom stereocenters. The van der Waals surface area contributed by atoms with E-state index >= 15 is 0 Å². The van der Waals surface area contributed by atoms with Crippen LogP contribution >= 0.6 is 0 Å². The highest BCUT2D eigenvalue weighted by Crippen LogP contribution is 2.21. The van der Waals surface area contributed by atoms with Gasteiger partial charge >= 0.3 is 0 Å². The van der Waals surface area contributed by atoms with Crippen molar-refractivity contribution in [1.29, 1.82) is 0 Å². The van der Waals surface area contributed by atoms with Crippen LogP contribution in [0.1, 0.15) is 26.7 Å². The van der Waals surface area contributed by atoms with Crippen LogP contribution in [0.25, 0.3) is 0 Å². The van der Waals surface area contributed by atoms with Crippen LogP contribution < -0.4 is 9.62 Å². The summed E-state index contributed by atoms with van der Waals surface area (Å²) in [7, 11) is -3.44. The van der Waals surface area contributed by atoms with Gasteiger partial charge in [0.05, 0.1) is 4.90 Å². The van der Waals surface area contributed by atoms with Crippen molar-refractivity contribution in [2.75, 3.05) is 18.0 Å². The van der Waals surface area contributed by atoms with E-state index in [2.05, 4.69) is 9.62 Å². The molecule has 0 bridgehead atoms. The molecule has 0 aliphatic carbocycles. The lowest BCUT2D eigenvalue weighted by Gasteiger charge is -2.28. The maximum Gasteiger partial charge on any atom is 0.240 e. The Morgan fingerprint density at radius 2 is 1.65 bits per heavy atom. The van der Waals surface area contributed by atoms with Gasteiger partial charge in [-0.2, -0.15) is 0 Å². The average Bonchev–Trinajstić information content (AvgIpc) is 2.38. The molecule has 0 aromatic heterocycles. The van der Waals surface area contributed by atoms with Gasteiger partial charge in [0.15, 0.2) is 0 Å². The first-order valence-electron chi connectivity index (χ1n) is 6.77. The number of benzene rings is 1. The van der Waals surface area contributed by atoms with Crippen LogP contribution in [0.2, 0.25) is 0 Å². The van der Waals surface area contributed by atoms with Gasteiger partial charge in [-0.05, 0) is 38.1 Å². The fraction of sp³-hybridized carbons (Fsp3) is 0.500. The Kier molecular flexibility index (Phi) is 4.45. The van der Waals surface area contributed by atoms with Gasteiger partial charge in [-0.3, -0.25) is 4.79 Å². The van der Waals surface area contributed by atoms with E-state index in [1.807, 2.05) is 0 Å². The molecule has 1 aliphatic rings. The number of rotatable bonds is 4. The summed E-state index contributed by atoms with van der Waals surface area (Å²) < 4.78 is 26.6. The highest BCUT2D eigenvalue weighted by atomic mass is 32.2. The van der Waals surface area contributed by atoms with Crippen LogP contribution in [0.3, 0.4) is 0 Å². The van der Waals surface area contributed by atoms with E-state index in [-0.39, 0.29) is 10.9 Å². The minimum Gasteiger partial charge on any atom is -0.371 e. The van der Waals surface area contributed by atoms with Gasteiger partial charge in [-0.1, -0.05) is 0 Å². The fourth-order valence-corrected chi connectivity index (χ4v) is 3.48. The summed E-state index contributed by atoms with van der Waals surface area (Å²) in [6.45, 7) is 4.98. The SMILES string of the molecule is CC(C)NS(=O)(=O)c1ccc(N2CCC(=O)CC2)cc1. The number of hydrogen-bond acceptors (Lipinski definition) is 4. The monoisotopic (exact) mass is 296 g/mol. The topological polar surface area (TPSA) is 66.5 Å². The number of nitrogens with one attached hydrogen (secondary N) is 1. The van der Waals surface area contributed by atoms with Crippen LogP contribution in [0.4, 0.5) is 5.69 Å². The van der Waals surface area contributed by atoms with Crippen LogP contribution in [0.5, 0.6) is 0 Å². The molecule has 110 valence electrons. The summed E-state index contributed by atoms with van der Waals surface area (Å²) in [6, 6.07) is 6.68. The molecule has 6 heteroatoms. The van der Waals surface area contributed by atoms with Crippen molar-refractivity contribution in [2.45, 2.75) is 37.6 Å². The van der Waals surface area contributed by atoms with Crippen molar-refractivity contribution in [3.8, 4) is 0 Å². The molecule has 1 aromatic rings. The Labute approximate surface area is 120 Å². The summed E-state index contributed by atoms with van der Waals surface area (Å²) >= 11 is 0. The first kappa shape index (κ1) is 15.0. The van der Waals surface area contributed by atoms with Crippen LogP contribution in [-0.2, 0) is 14.8 Å². The van der Waals surface area contributed by atoms with Crippen molar-refractivity contribution >= 4 is 21.5 Å². The van der Waals surface area contributed by atoms with Crippen molar-refractivity contribution in [2.24, 2.45) is 0 Å². The number of anilines is 1. The summed E-state index contributed by atoms with van der Waals surface area (Å²) in [6.07, 6.45) is 1.13. The van der Waals surface area contributed by atoms with E-state index in [1.54, 1.807) is 38.1 Å². The Morgan fingerprint density at radius 3 is 2.15 bits per heavy atom. The number of sulfonamides is 1. The molecule has 1 fully saturated rings. The second kappa shape index (κ2) is 5.93. The third-order valence-electron chi connectivity index (χ3n) is 3.22. The molecule has 0 radical (unpaired) electrons. The van der Waals surface area contributed by atoms with Gasteiger partial charge in [0.2, 0.25) is 10.0 Å². The van der Waals surface area contributed by atoms with Crippen molar-refractivity contribution in [3.63, 3.8) is 0 Å². The van der Waals surface area contributed by atoms with E-state index in [4.69, 9.17) is 0 Å². The van der Waals surface area contributed by atoms with Crippen molar-refractivity contribution in [3.05, 3.63) is 24.3 Å². The number of nitrogens with zero attached hydrogens (tertiary/aromatic N) is 1. The zero-order valence-electron chi connectivity index (χ0n) is 11.8. The molecule has 2 rings (SSSR count). The zero-order chi connectivity index (χ0) is 14.8. The summed E-state index contributed by atoms with van der Waals surface area (Å²) in [4.78, 5) is 13.6. The molecular weight excluding hydrogens is 276 g/mol. The minimum atomic E-state index is -3.44. The van der Waals surface area contributed by atoms with Gasteiger partial charge in [0.25, 0.3) is 0 Å². The number of Topliss-reactive ketones (excluding diaryl/α,β-unsaturated/α-hetero) is 1. The lowest BCUT2D eigenvalue weighted by atomic mass is 10.1. The Bertz CT molecular complexity index is 569. The molecule has 0 unspecified atom stereocenters. The third-order valence-corrected chi connectivity index (χ3v) is 4.90. The lowest BCUT2D eigenvalue weighted by molar-refractivity contribution is -0.119. The first-order chi connectivity index (χ1) is 9.38. The van der Waals surface area contributed by atoms with E-state index in [0.29, 0.717) is 31.7 Å². The fourth-order valence-electron chi connectivity index (χ4n) is 2.23. The van der Waals surface area contributed by atoms with Gasteiger partial charge in [-0.15, -0.1) is 0 Å². The normalized spacial score (nSPS) is 16.8. The average molecular weight is 296 g/mol. The van der Waals surface area contributed by atoms with E-state index in [9.17, 15) is 13.2 Å². The van der Waals surface area contributed by atoms with Gasteiger partial charge in [0, 0.05) is 37.7 Å². The van der Waals surface area contributed by atoms with Gasteiger partial charge < -0.3 is 4.90 Å². The predicted octanol–water partition coefficient (Wildman–Crippen LogP) is 1.54. The molecular formula is C14H20N2O3S. The molecule has 1 aromatic carbocycles. The maximum absolute atomic E-state index is 12.0. The van der Waals surface area contributed by atoms with Crippen molar-refractivity contribution < 1.29 is 13.2 Å². The molecule has 20 heavy (non-hydrogen) atoms. The highest BCUT2D eigenvalue weighted by Gasteiger charge is 2.18. The molecule has 1 heterocycles. The van der Waals surface area contributed by atoms with Gasteiger partial charge in [0.1, 0.15) is 5.78 Å². The quantitative estimate of drug-likeness (QED) is 0.915. The molecule has 0 amide bonds. The number of carbonyl (C=O) groups is 1. The van der Waals surface area contributed by atoms with Crippen LogP contribution in [-0.4, -0.2) is 33.3 Å². The Morgan fingerprint density at radius 1 is 1.10 bits per heavy atom. The second-order valence-electron chi connectivity index (χ2n) is 5.30. The maximum atomic E-state index is 12.0. The third kappa shape index (κ3) is 3.58. The first-order valence-corrected chi connectivity index (χ1v) is 8.26. The van der Waals surface area contributed by atoms with Gasteiger partial charge in [-0.25, -0.2) is 13.1 Å². The van der Waals surface area contributed by atoms with Crippen molar-refractivity contribution in [1.82, 2.24) is 4.72 Å². The number of hydrogen-bond donors (Lipinski definition) is 1. The zero-order valence-corrected chi connectivity index (χ0v) is 12.6. The summed E-state index contributed by atoms with van der Waals surface area (Å²) in [5, 5.41) is 0. The smallest absolute Gasteiger partial charge is 0.240 e. The number of piperidine rings is 1. The largest absolute Gasteiger partial charge is 0.371 e. The predicted molar refractivity (Wildman–Crippen MR) is 78.4 cm³/mol. The van der Waals surface area contributed by atoms with Crippen LogP contribution in [0.15, 0.2) is 29.2 Å². The standard InChI is InChI=1S/C14H20N2O3S/c1-11(2)15-20(18,19)14-5-3-12(4-6-14)16-9-7-13(17)8-10-16/h3-6,11,15H,7-10H2,1-2H3. The van der Waals surface area contributed by atoms with E-state index < -0.39 is 10.0 Å². The Hall–Kier alpha value is -1.40. The molecule has 1 saturated heterocycles. The molecule has 1 N–H and O–H groups in total. The van der Waals surface area contributed by atoms with Crippen LogP contribution in [0, 0.1) is 0 Å². The second-order valence-corrected chi connectivity index (χ2v) is 7.01.